The Balaban J connectivity index is 1.63. The van der Waals surface area contributed by atoms with Gasteiger partial charge in [-0.1, -0.05) is 30.3 Å². The Morgan fingerprint density at radius 1 is 1.24 bits per heavy atom. The number of rotatable bonds is 6. The van der Waals surface area contributed by atoms with Crippen LogP contribution in [-0.4, -0.2) is 26.6 Å². The van der Waals surface area contributed by atoms with Gasteiger partial charge in [0.1, 0.15) is 11.9 Å². The summed E-state index contributed by atoms with van der Waals surface area (Å²) in [6.07, 6.45) is 0.571. The van der Waals surface area contributed by atoms with Crippen molar-refractivity contribution in [2.24, 2.45) is 0 Å². The third kappa shape index (κ3) is 3.79. The van der Waals surface area contributed by atoms with Gasteiger partial charge in [0.25, 0.3) is 5.69 Å². The van der Waals surface area contributed by atoms with E-state index in [9.17, 15) is 10.1 Å². The number of anilines is 1. The second-order valence-corrected chi connectivity index (χ2v) is 5.25. The molecule has 2 N–H and O–H groups in total. The lowest BCUT2D eigenvalue weighted by molar-refractivity contribution is -0.384. The van der Waals surface area contributed by atoms with E-state index in [1.54, 1.807) is 0 Å². The van der Waals surface area contributed by atoms with Crippen LogP contribution in [0.5, 0.6) is 0 Å². The van der Waals surface area contributed by atoms with Crippen LogP contribution in [0.15, 0.2) is 48.5 Å². The Kier molecular flexibility index (Phi) is 4.67. The molecule has 3 rings (SSSR count). The summed E-state index contributed by atoms with van der Waals surface area (Å²) in [5.41, 5.74) is 1.61. The van der Waals surface area contributed by atoms with Gasteiger partial charge in [-0.15, -0.1) is 0 Å². The molecule has 0 bridgehead atoms. The topological polar surface area (TPSA) is 121 Å². The molecule has 1 heterocycles. The summed E-state index contributed by atoms with van der Waals surface area (Å²) in [6, 6.07) is 15.8. The van der Waals surface area contributed by atoms with Crippen LogP contribution < -0.4 is 5.32 Å². The number of hydrogen-bond donors (Lipinski definition) is 2. The third-order valence-corrected chi connectivity index (χ3v) is 3.58. The molecule has 0 aliphatic carbocycles. The number of nitrogens with zero attached hydrogens (tertiary/aromatic N) is 4. The molecule has 3 aromatic rings. The van der Waals surface area contributed by atoms with Crippen molar-refractivity contribution in [3.05, 3.63) is 70.0 Å². The molecule has 0 aliphatic heterocycles. The van der Waals surface area contributed by atoms with E-state index in [0.29, 0.717) is 30.3 Å². The van der Waals surface area contributed by atoms with E-state index in [0.717, 1.165) is 5.56 Å². The van der Waals surface area contributed by atoms with Gasteiger partial charge in [0.15, 0.2) is 5.82 Å². The summed E-state index contributed by atoms with van der Waals surface area (Å²) < 4.78 is 0. The average molecular weight is 334 g/mol. The molecule has 1 aromatic heterocycles. The van der Waals surface area contributed by atoms with Crippen LogP contribution in [0.1, 0.15) is 11.4 Å². The number of non-ortho nitro benzene ring substituents is 1. The maximum absolute atomic E-state index is 10.8. The standard InChI is InChI=1S/C17H14N6O2/c18-11-13-10-14(23(24)25)6-7-15(13)19-9-8-16-20-17(22-21-16)12-4-2-1-3-5-12/h1-7,10,19H,8-9H2,(H,20,21,22). The zero-order valence-electron chi connectivity index (χ0n) is 13.1. The minimum Gasteiger partial charge on any atom is -0.384 e. The van der Waals surface area contributed by atoms with E-state index in [1.807, 2.05) is 36.4 Å². The van der Waals surface area contributed by atoms with Crippen LogP contribution in [0.3, 0.4) is 0 Å². The normalized spacial score (nSPS) is 10.2. The summed E-state index contributed by atoms with van der Waals surface area (Å²) in [5, 5.41) is 30.1. The fraction of sp³-hybridized carbons (Fsp3) is 0.118. The third-order valence-electron chi connectivity index (χ3n) is 3.58. The van der Waals surface area contributed by atoms with Gasteiger partial charge in [0, 0.05) is 30.7 Å². The molecule has 0 saturated heterocycles. The minimum absolute atomic E-state index is 0.107. The Labute approximate surface area is 143 Å². The summed E-state index contributed by atoms with van der Waals surface area (Å²) in [6.45, 7) is 0.510. The molecule has 2 aromatic carbocycles. The second kappa shape index (κ2) is 7.23. The molecule has 0 radical (unpaired) electrons. The zero-order valence-corrected chi connectivity index (χ0v) is 13.1. The summed E-state index contributed by atoms with van der Waals surface area (Å²) >= 11 is 0. The number of nitrogens with one attached hydrogen (secondary N) is 2. The van der Waals surface area contributed by atoms with Crippen LogP contribution in [0.25, 0.3) is 11.4 Å². The molecule has 0 amide bonds. The largest absolute Gasteiger partial charge is 0.384 e. The van der Waals surface area contributed by atoms with Crippen LogP contribution in [0, 0.1) is 21.4 Å². The summed E-state index contributed by atoms with van der Waals surface area (Å²) in [5.74, 6) is 1.34. The predicted molar refractivity (Wildman–Crippen MR) is 91.8 cm³/mol. The Hall–Kier alpha value is -3.73. The molecule has 25 heavy (non-hydrogen) atoms. The first-order chi connectivity index (χ1) is 12.2. The molecule has 0 atom stereocenters. The van der Waals surface area contributed by atoms with Gasteiger partial charge >= 0.3 is 0 Å². The molecule has 0 fully saturated rings. The number of nitro groups is 1. The van der Waals surface area contributed by atoms with Gasteiger partial charge in [0.2, 0.25) is 0 Å². The van der Waals surface area contributed by atoms with Crippen molar-refractivity contribution in [3.8, 4) is 17.5 Å². The fourth-order valence-corrected chi connectivity index (χ4v) is 2.33. The van der Waals surface area contributed by atoms with Crippen molar-refractivity contribution in [3.63, 3.8) is 0 Å². The van der Waals surface area contributed by atoms with Crippen LogP contribution in [-0.2, 0) is 6.42 Å². The number of nitriles is 1. The van der Waals surface area contributed by atoms with Crippen LogP contribution >= 0.6 is 0 Å². The second-order valence-electron chi connectivity index (χ2n) is 5.25. The monoisotopic (exact) mass is 334 g/mol. The first-order valence-electron chi connectivity index (χ1n) is 7.56. The maximum atomic E-state index is 10.8. The molecule has 0 spiro atoms. The van der Waals surface area contributed by atoms with E-state index in [2.05, 4.69) is 20.5 Å². The predicted octanol–water partition coefficient (Wildman–Crippen LogP) is 2.91. The van der Waals surface area contributed by atoms with Crippen molar-refractivity contribution >= 4 is 11.4 Å². The van der Waals surface area contributed by atoms with Gasteiger partial charge in [-0.2, -0.15) is 10.4 Å². The van der Waals surface area contributed by atoms with E-state index < -0.39 is 4.92 Å². The van der Waals surface area contributed by atoms with Gasteiger partial charge < -0.3 is 5.32 Å². The Morgan fingerprint density at radius 3 is 2.76 bits per heavy atom. The summed E-state index contributed by atoms with van der Waals surface area (Å²) in [7, 11) is 0. The molecule has 8 nitrogen and oxygen atoms in total. The highest BCUT2D eigenvalue weighted by Crippen LogP contribution is 2.21. The smallest absolute Gasteiger partial charge is 0.270 e. The fourth-order valence-electron chi connectivity index (χ4n) is 2.33. The molecule has 0 aliphatic rings. The molecule has 8 heteroatoms. The number of aromatic nitrogens is 3. The van der Waals surface area contributed by atoms with E-state index >= 15 is 0 Å². The summed E-state index contributed by atoms with van der Waals surface area (Å²) in [4.78, 5) is 14.7. The van der Waals surface area contributed by atoms with E-state index in [4.69, 9.17) is 5.26 Å². The van der Waals surface area contributed by atoms with Crippen LogP contribution in [0.4, 0.5) is 11.4 Å². The van der Waals surface area contributed by atoms with Gasteiger partial charge in [-0.3, -0.25) is 15.2 Å². The SMILES string of the molecule is N#Cc1cc([N+](=O)[O-])ccc1NCCc1nc(-c2ccccc2)n[nH]1. The Bertz CT molecular complexity index is 930. The van der Waals surface area contributed by atoms with Crippen molar-refractivity contribution < 1.29 is 4.92 Å². The molecular formula is C17H14N6O2. The van der Waals surface area contributed by atoms with Crippen molar-refractivity contribution in [2.75, 3.05) is 11.9 Å². The van der Waals surface area contributed by atoms with E-state index in [1.165, 1.54) is 18.2 Å². The lowest BCUT2D eigenvalue weighted by atomic mass is 10.1. The maximum Gasteiger partial charge on any atom is 0.270 e. The molecular weight excluding hydrogens is 320 g/mol. The minimum atomic E-state index is -0.524. The van der Waals surface area contributed by atoms with Crippen LogP contribution in [0.2, 0.25) is 0 Å². The number of nitro benzene ring substituents is 1. The molecule has 124 valence electrons. The van der Waals surface area contributed by atoms with Gasteiger partial charge in [-0.25, -0.2) is 4.98 Å². The van der Waals surface area contributed by atoms with E-state index in [-0.39, 0.29) is 11.3 Å². The average Bonchev–Trinajstić information content (AvgIpc) is 3.11. The van der Waals surface area contributed by atoms with Crippen molar-refractivity contribution in [1.29, 1.82) is 5.26 Å². The quantitative estimate of drug-likeness (QED) is 0.528. The number of aromatic amines is 1. The van der Waals surface area contributed by atoms with Crippen molar-refractivity contribution in [2.45, 2.75) is 6.42 Å². The number of H-pyrrole nitrogens is 1. The molecule has 0 unspecified atom stereocenters. The lowest BCUT2D eigenvalue weighted by Crippen LogP contribution is -2.07. The van der Waals surface area contributed by atoms with Gasteiger partial charge in [-0.05, 0) is 6.07 Å². The highest BCUT2D eigenvalue weighted by Gasteiger charge is 2.11. The lowest BCUT2D eigenvalue weighted by Gasteiger charge is -2.06. The molecule has 0 saturated carbocycles. The first kappa shape index (κ1) is 16.1. The highest BCUT2D eigenvalue weighted by molar-refractivity contribution is 5.61. The first-order valence-corrected chi connectivity index (χ1v) is 7.56. The number of benzene rings is 2. The number of hydrogen-bond acceptors (Lipinski definition) is 6. The highest BCUT2D eigenvalue weighted by atomic mass is 16.6. The van der Waals surface area contributed by atoms with Gasteiger partial charge in [0.05, 0.1) is 16.2 Å². The van der Waals surface area contributed by atoms with Crippen molar-refractivity contribution in [1.82, 2.24) is 15.2 Å². The Morgan fingerprint density at radius 2 is 2.04 bits per heavy atom. The zero-order chi connectivity index (χ0) is 17.6.